The Labute approximate surface area is 83.1 Å². The van der Waals surface area contributed by atoms with Crippen molar-refractivity contribution in [2.24, 2.45) is 0 Å². The second kappa shape index (κ2) is 3.42. The Bertz CT molecular complexity index is 374. The highest BCUT2D eigenvalue weighted by Gasteiger charge is 2.29. The molecule has 2 rings (SSSR count). The van der Waals surface area contributed by atoms with Crippen molar-refractivity contribution < 1.29 is 9.53 Å². The third-order valence-electron chi connectivity index (χ3n) is 2.67. The fourth-order valence-corrected chi connectivity index (χ4v) is 1.82. The van der Waals surface area contributed by atoms with E-state index in [1.807, 2.05) is 25.2 Å². The predicted molar refractivity (Wildman–Crippen MR) is 53.9 cm³/mol. The Balaban J connectivity index is 2.40. The first-order chi connectivity index (χ1) is 6.76. The Kier molecular flexibility index (Phi) is 2.25. The largest absolute Gasteiger partial charge is 0.497 e. The van der Waals surface area contributed by atoms with Crippen LogP contribution in [0.25, 0.3) is 0 Å². The van der Waals surface area contributed by atoms with E-state index in [1.54, 1.807) is 7.11 Å². The summed E-state index contributed by atoms with van der Waals surface area (Å²) < 4.78 is 5.08. The molecule has 0 saturated carbocycles. The number of nitrogens with one attached hydrogen (secondary N) is 1. The van der Waals surface area contributed by atoms with Gasteiger partial charge in [0.25, 0.3) is 0 Å². The van der Waals surface area contributed by atoms with E-state index in [9.17, 15) is 4.79 Å². The van der Waals surface area contributed by atoms with E-state index >= 15 is 0 Å². The molecule has 1 aromatic rings. The molecule has 0 saturated heterocycles. The fourth-order valence-electron chi connectivity index (χ4n) is 1.82. The van der Waals surface area contributed by atoms with Crippen LogP contribution >= 0.6 is 0 Å². The minimum Gasteiger partial charge on any atom is -0.497 e. The van der Waals surface area contributed by atoms with Crippen LogP contribution in [0, 0.1) is 0 Å². The topological polar surface area (TPSA) is 38.3 Å². The predicted octanol–water partition coefficient (Wildman–Crippen LogP) is 1.02. The van der Waals surface area contributed by atoms with Crippen molar-refractivity contribution in [1.82, 2.24) is 5.32 Å². The molecule has 0 radical (unpaired) electrons. The highest BCUT2D eigenvalue weighted by molar-refractivity contribution is 6.04. The zero-order valence-electron chi connectivity index (χ0n) is 8.33. The van der Waals surface area contributed by atoms with Gasteiger partial charge in [0.1, 0.15) is 5.75 Å². The van der Waals surface area contributed by atoms with Crippen molar-refractivity contribution in [2.75, 3.05) is 14.2 Å². The molecule has 1 aliphatic rings. The van der Waals surface area contributed by atoms with Crippen LogP contribution in [0.4, 0.5) is 0 Å². The monoisotopic (exact) mass is 191 g/mol. The van der Waals surface area contributed by atoms with Gasteiger partial charge >= 0.3 is 0 Å². The van der Waals surface area contributed by atoms with E-state index in [0.29, 0.717) is 0 Å². The maximum absolute atomic E-state index is 11.8. The minimum atomic E-state index is -0.0582. The van der Waals surface area contributed by atoms with E-state index < -0.39 is 0 Å². The van der Waals surface area contributed by atoms with Gasteiger partial charge in [-0.05, 0) is 31.2 Å². The Morgan fingerprint density at radius 3 is 2.93 bits per heavy atom. The number of fused-ring (bicyclic) bond motifs is 1. The lowest BCUT2D eigenvalue weighted by Gasteiger charge is -2.03. The van der Waals surface area contributed by atoms with Crippen molar-refractivity contribution in [1.29, 1.82) is 0 Å². The van der Waals surface area contributed by atoms with Crippen molar-refractivity contribution >= 4 is 5.78 Å². The Morgan fingerprint density at radius 2 is 2.29 bits per heavy atom. The molecule has 0 heterocycles. The van der Waals surface area contributed by atoms with Crippen molar-refractivity contribution in [3.05, 3.63) is 29.3 Å². The van der Waals surface area contributed by atoms with E-state index in [-0.39, 0.29) is 11.8 Å². The summed E-state index contributed by atoms with van der Waals surface area (Å²) in [6.45, 7) is 0. The summed E-state index contributed by atoms with van der Waals surface area (Å²) in [6, 6.07) is 5.61. The van der Waals surface area contributed by atoms with Gasteiger partial charge in [-0.15, -0.1) is 0 Å². The van der Waals surface area contributed by atoms with Gasteiger partial charge in [-0.2, -0.15) is 0 Å². The Morgan fingerprint density at radius 1 is 1.50 bits per heavy atom. The number of ketones is 1. The summed E-state index contributed by atoms with van der Waals surface area (Å²) in [5, 5.41) is 3.01. The molecule has 3 heteroatoms. The van der Waals surface area contributed by atoms with Crippen LogP contribution in [-0.2, 0) is 6.42 Å². The molecule has 0 bridgehead atoms. The number of carbonyl (C=O) groups is 1. The fraction of sp³-hybridized carbons (Fsp3) is 0.364. The summed E-state index contributed by atoms with van der Waals surface area (Å²) >= 11 is 0. The van der Waals surface area contributed by atoms with Crippen molar-refractivity contribution in [2.45, 2.75) is 12.5 Å². The Hall–Kier alpha value is -1.35. The lowest BCUT2D eigenvalue weighted by atomic mass is 10.1. The average molecular weight is 191 g/mol. The van der Waals surface area contributed by atoms with Crippen molar-refractivity contribution in [3.63, 3.8) is 0 Å². The van der Waals surface area contributed by atoms with E-state index in [0.717, 1.165) is 23.3 Å². The maximum atomic E-state index is 11.8. The first-order valence-electron chi connectivity index (χ1n) is 4.64. The zero-order chi connectivity index (χ0) is 10.1. The van der Waals surface area contributed by atoms with Gasteiger partial charge in [-0.25, -0.2) is 0 Å². The average Bonchev–Trinajstić information content (AvgIpc) is 2.55. The molecule has 0 aromatic heterocycles. The second-order valence-corrected chi connectivity index (χ2v) is 3.43. The van der Waals surface area contributed by atoms with Crippen LogP contribution in [0.5, 0.6) is 5.75 Å². The van der Waals surface area contributed by atoms with Gasteiger partial charge in [0.15, 0.2) is 5.78 Å². The highest BCUT2D eigenvalue weighted by atomic mass is 16.5. The first kappa shape index (κ1) is 9.21. The molecule has 1 unspecified atom stereocenters. The molecule has 0 spiro atoms. The minimum absolute atomic E-state index is 0.0582. The van der Waals surface area contributed by atoms with Gasteiger partial charge in [-0.1, -0.05) is 6.07 Å². The smallest absolute Gasteiger partial charge is 0.180 e. The van der Waals surface area contributed by atoms with Gasteiger partial charge in [0.05, 0.1) is 13.2 Å². The van der Waals surface area contributed by atoms with E-state index in [4.69, 9.17) is 4.74 Å². The lowest BCUT2D eigenvalue weighted by Crippen LogP contribution is -2.30. The lowest BCUT2D eigenvalue weighted by molar-refractivity contribution is 0.0961. The highest BCUT2D eigenvalue weighted by Crippen LogP contribution is 2.26. The van der Waals surface area contributed by atoms with Crippen LogP contribution in [-0.4, -0.2) is 26.0 Å². The number of carbonyl (C=O) groups excluding carboxylic acids is 1. The third-order valence-corrected chi connectivity index (χ3v) is 2.67. The second-order valence-electron chi connectivity index (χ2n) is 3.43. The molecule has 14 heavy (non-hydrogen) atoms. The quantitative estimate of drug-likeness (QED) is 0.758. The van der Waals surface area contributed by atoms with Crippen LogP contribution in [0.15, 0.2) is 18.2 Å². The van der Waals surface area contributed by atoms with Gasteiger partial charge in [0.2, 0.25) is 0 Å². The summed E-state index contributed by atoms with van der Waals surface area (Å²) in [4.78, 5) is 11.8. The molecule has 0 fully saturated rings. The normalized spacial score (nSPS) is 19.6. The first-order valence-corrected chi connectivity index (χ1v) is 4.64. The van der Waals surface area contributed by atoms with Crippen LogP contribution in [0.2, 0.25) is 0 Å². The molecule has 0 amide bonds. The molecule has 3 nitrogen and oxygen atoms in total. The summed E-state index contributed by atoms with van der Waals surface area (Å²) in [5.41, 5.74) is 1.90. The van der Waals surface area contributed by atoms with E-state index in [2.05, 4.69) is 5.32 Å². The van der Waals surface area contributed by atoms with Crippen LogP contribution < -0.4 is 10.1 Å². The number of Topliss-reactive ketones (excluding diaryl/α,β-unsaturated/α-hetero) is 1. The molecule has 74 valence electrons. The van der Waals surface area contributed by atoms with Crippen LogP contribution in [0.1, 0.15) is 15.9 Å². The maximum Gasteiger partial charge on any atom is 0.180 e. The number of hydrogen-bond acceptors (Lipinski definition) is 3. The zero-order valence-corrected chi connectivity index (χ0v) is 8.33. The summed E-state index contributed by atoms with van der Waals surface area (Å²) in [6.07, 6.45) is 0.786. The number of rotatable bonds is 2. The third kappa shape index (κ3) is 1.30. The van der Waals surface area contributed by atoms with Gasteiger partial charge in [0, 0.05) is 5.56 Å². The standard InChI is InChI=1S/C11H13NO2/c1-12-10-5-7-3-4-8(14-2)6-9(7)11(10)13/h3-4,6,10,12H,5H2,1-2H3. The van der Waals surface area contributed by atoms with Gasteiger partial charge < -0.3 is 10.1 Å². The molecule has 1 aliphatic carbocycles. The number of ether oxygens (including phenoxy) is 1. The molecule has 0 aliphatic heterocycles. The number of benzene rings is 1. The molecular formula is C11H13NO2. The summed E-state index contributed by atoms with van der Waals surface area (Å²) in [7, 11) is 3.42. The number of likely N-dealkylation sites (N-methyl/N-ethyl adjacent to an activating group) is 1. The SMILES string of the molecule is CNC1Cc2ccc(OC)cc2C1=O. The molecule has 1 atom stereocenters. The van der Waals surface area contributed by atoms with Crippen LogP contribution in [0.3, 0.4) is 0 Å². The molecule has 1 aromatic carbocycles. The molecule has 1 N–H and O–H groups in total. The van der Waals surface area contributed by atoms with Crippen molar-refractivity contribution in [3.8, 4) is 5.75 Å². The summed E-state index contributed by atoms with van der Waals surface area (Å²) in [5.74, 6) is 0.912. The number of methoxy groups -OCH3 is 1. The number of hydrogen-bond donors (Lipinski definition) is 1. The molecular weight excluding hydrogens is 178 g/mol. The van der Waals surface area contributed by atoms with E-state index in [1.165, 1.54) is 0 Å². The van der Waals surface area contributed by atoms with Gasteiger partial charge in [-0.3, -0.25) is 4.79 Å².